The van der Waals surface area contributed by atoms with Crippen LogP contribution >= 0.6 is 0 Å². The Labute approximate surface area is 248 Å². The lowest BCUT2D eigenvalue weighted by molar-refractivity contribution is 0.0737. The molecular formula is C32H33F2N7O2. The summed E-state index contributed by atoms with van der Waals surface area (Å²) in [6.07, 6.45) is 8.34. The van der Waals surface area contributed by atoms with E-state index >= 15 is 0 Å². The third-order valence-electron chi connectivity index (χ3n) is 7.89. The highest BCUT2D eigenvalue weighted by Gasteiger charge is 2.35. The Morgan fingerprint density at radius 3 is 2.63 bits per heavy atom. The summed E-state index contributed by atoms with van der Waals surface area (Å²) in [6.45, 7) is 4.19. The quantitative estimate of drug-likeness (QED) is 0.245. The number of aromatic nitrogens is 6. The number of carbonyl (C=O) groups is 1. The summed E-state index contributed by atoms with van der Waals surface area (Å²) in [5.74, 6) is -1.06. The summed E-state index contributed by atoms with van der Waals surface area (Å²) in [5, 5.41) is 29.8. The fourth-order valence-corrected chi connectivity index (χ4v) is 5.41. The first-order valence-electron chi connectivity index (χ1n) is 14.6. The minimum absolute atomic E-state index is 0.226. The van der Waals surface area contributed by atoms with Gasteiger partial charge in [0.2, 0.25) is 0 Å². The maximum atomic E-state index is 14.8. The van der Waals surface area contributed by atoms with Gasteiger partial charge in [-0.3, -0.25) is 14.5 Å². The number of aryl methyl sites for hydroxylation is 2. The molecule has 1 saturated carbocycles. The minimum Gasteiger partial charge on any atom is -0.384 e. The lowest BCUT2D eigenvalue weighted by atomic mass is 9.95. The number of nitrogens with one attached hydrogen (secondary N) is 1. The third kappa shape index (κ3) is 6.51. The zero-order valence-corrected chi connectivity index (χ0v) is 24.1. The summed E-state index contributed by atoms with van der Waals surface area (Å²) in [4.78, 5) is 16.8. The number of fused-ring (bicyclic) bond motifs is 1. The van der Waals surface area contributed by atoms with Crippen molar-refractivity contribution in [3.8, 4) is 0 Å². The van der Waals surface area contributed by atoms with Crippen LogP contribution in [0, 0.1) is 17.6 Å². The van der Waals surface area contributed by atoms with Crippen LogP contribution in [0.4, 0.5) is 8.78 Å². The lowest BCUT2D eigenvalue weighted by Gasteiger charge is -2.16. The number of halogens is 2. The Morgan fingerprint density at radius 1 is 1.07 bits per heavy atom. The van der Waals surface area contributed by atoms with E-state index in [0.717, 1.165) is 59.8 Å². The van der Waals surface area contributed by atoms with E-state index in [1.54, 1.807) is 37.0 Å². The number of nitrogens with zero attached hydrogens (tertiary/aromatic N) is 6. The number of unbranched alkanes of at least 4 members (excludes halogenated alkanes) is 1. The Morgan fingerprint density at radius 2 is 1.91 bits per heavy atom. The molecule has 3 heterocycles. The Hall–Kier alpha value is -4.38. The van der Waals surface area contributed by atoms with Gasteiger partial charge < -0.3 is 10.4 Å². The highest BCUT2D eigenvalue weighted by atomic mass is 19.1. The molecule has 1 aromatic carbocycles. The molecular weight excluding hydrogens is 552 g/mol. The van der Waals surface area contributed by atoms with Crippen LogP contribution in [0.25, 0.3) is 5.57 Å². The van der Waals surface area contributed by atoms with E-state index in [1.165, 1.54) is 17.7 Å². The van der Waals surface area contributed by atoms with Gasteiger partial charge in [-0.15, -0.1) is 5.10 Å². The van der Waals surface area contributed by atoms with Gasteiger partial charge in [0.15, 0.2) is 5.69 Å². The molecule has 1 fully saturated rings. The molecule has 43 heavy (non-hydrogen) atoms. The monoisotopic (exact) mass is 585 g/mol. The Bertz CT molecular complexity index is 1690. The second kappa shape index (κ2) is 11.7. The first kappa shape index (κ1) is 28.7. The van der Waals surface area contributed by atoms with Crippen LogP contribution < -0.4 is 5.32 Å². The molecule has 3 aromatic heterocycles. The molecule has 9 nitrogen and oxygen atoms in total. The molecule has 1 amide bonds. The third-order valence-corrected chi connectivity index (χ3v) is 7.89. The largest absolute Gasteiger partial charge is 0.384 e. The van der Waals surface area contributed by atoms with Crippen molar-refractivity contribution in [2.45, 2.75) is 71.1 Å². The molecule has 0 atom stereocenters. The summed E-state index contributed by atoms with van der Waals surface area (Å²) in [6, 6.07) is 9.32. The van der Waals surface area contributed by atoms with E-state index in [1.807, 2.05) is 12.1 Å². The average Bonchev–Trinajstić information content (AvgIpc) is 3.60. The first-order chi connectivity index (χ1) is 20.7. The minimum atomic E-state index is -1.03. The molecule has 0 saturated heterocycles. The zero-order chi connectivity index (χ0) is 30.1. The molecule has 0 radical (unpaired) electrons. The van der Waals surface area contributed by atoms with E-state index in [2.05, 4.69) is 30.8 Å². The molecule has 2 aliphatic carbocycles. The highest BCUT2D eigenvalue weighted by molar-refractivity contribution is 5.91. The van der Waals surface area contributed by atoms with Gasteiger partial charge in [0.25, 0.3) is 5.91 Å². The number of hydrogen-bond donors (Lipinski definition) is 2. The van der Waals surface area contributed by atoms with E-state index in [-0.39, 0.29) is 18.1 Å². The van der Waals surface area contributed by atoms with Crippen molar-refractivity contribution in [2.24, 2.45) is 5.92 Å². The average molecular weight is 586 g/mol. The van der Waals surface area contributed by atoms with Gasteiger partial charge in [-0.25, -0.2) is 8.78 Å². The smallest absolute Gasteiger partial charge is 0.273 e. The van der Waals surface area contributed by atoms with Crippen molar-refractivity contribution in [3.05, 3.63) is 105 Å². The van der Waals surface area contributed by atoms with Crippen molar-refractivity contribution in [2.75, 3.05) is 0 Å². The normalized spacial score (nSPS) is 14.7. The first-order valence-corrected chi connectivity index (χ1v) is 14.6. The van der Waals surface area contributed by atoms with Gasteiger partial charge in [0.1, 0.15) is 17.2 Å². The molecule has 0 aliphatic heterocycles. The fraction of sp³-hybridized carbons (Fsp3) is 0.375. The number of hydrogen-bond acceptors (Lipinski definition) is 7. The molecule has 0 spiro atoms. The molecule has 6 rings (SSSR count). The SMILES string of the molecule is CC(C)(O)c1ccc(CNC(=O)c2cn(CCCCc3cc4c(nn3)CC(C3CC3)=C4c3ccc(F)cc3F)nn2)cn1. The van der Waals surface area contributed by atoms with Gasteiger partial charge in [-0.05, 0) is 87.3 Å². The molecule has 2 aliphatic rings. The number of pyridine rings is 1. The van der Waals surface area contributed by atoms with E-state index in [9.17, 15) is 18.7 Å². The van der Waals surface area contributed by atoms with Crippen LogP contribution in [0.5, 0.6) is 0 Å². The number of allylic oxidation sites excluding steroid dienone is 1. The molecule has 2 N–H and O–H groups in total. The van der Waals surface area contributed by atoms with Crippen LogP contribution in [0.2, 0.25) is 0 Å². The van der Waals surface area contributed by atoms with Crippen molar-refractivity contribution >= 4 is 11.5 Å². The van der Waals surface area contributed by atoms with Crippen LogP contribution in [-0.4, -0.2) is 41.2 Å². The number of rotatable bonds is 11. The predicted molar refractivity (Wildman–Crippen MR) is 154 cm³/mol. The maximum Gasteiger partial charge on any atom is 0.273 e. The van der Waals surface area contributed by atoms with E-state index in [0.29, 0.717) is 36.6 Å². The Balaban J connectivity index is 1.03. The van der Waals surface area contributed by atoms with Gasteiger partial charge in [0.05, 0.1) is 23.3 Å². The summed E-state index contributed by atoms with van der Waals surface area (Å²) >= 11 is 0. The fourth-order valence-electron chi connectivity index (χ4n) is 5.41. The number of benzene rings is 1. The van der Waals surface area contributed by atoms with Crippen LogP contribution in [0.3, 0.4) is 0 Å². The second-order valence-corrected chi connectivity index (χ2v) is 11.8. The highest BCUT2D eigenvalue weighted by Crippen LogP contribution is 2.48. The van der Waals surface area contributed by atoms with Crippen molar-refractivity contribution in [1.29, 1.82) is 0 Å². The predicted octanol–water partition coefficient (Wildman–Crippen LogP) is 4.69. The van der Waals surface area contributed by atoms with Gasteiger partial charge in [0, 0.05) is 42.9 Å². The Kier molecular flexibility index (Phi) is 7.83. The van der Waals surface area contributed by atoms with Crippen molar-refractivity contribution in [1.82, 2.24) is 35.5 Å². The van der Waals surface area contributed by atoms with Crippen LogP contribution in [0.1, 0.15) is 83.8 Å². The standard InChI is InChI=1S/C32H33F2N7O2/c1-32(2,43)29-11-6-19(16-35-29)17-36-31(42)28-18-41(40-39-28)12-4-3-5-22-14-25-27(38-37-22)15-24(20-7-8-20)30(25)23-10-9-21(33)13-26(23)34/h6,9-11,13-14,16,18,20,43H,3-5,7-8,12,15,17H2,1-2H3,(H,36,42). The second-order valence-electron chi connectivity index (χ2n) is 11.8. The number of aliphatic hydroxyl groups is 1. The molecule has 0 unspecified atom stereocenters. The number of amides is 1. The van der Waals surface area contributed by atoms with E-state index in [4.69, 9.17) is 0 Å². The number of carbonyl (C=O) groups excluding carboxylic acids is 1. The zero-order valence-electron chi connectivity index (χ0n) is 24.1. The lowest BCUT2D eigenvalue weighted by Crippen LogP contribution is -2.23. The van der Waals surface area contributed by atoms with Crippen molar-refractivity contribution in [3.63, 3.8) is 0 Å². The summed E-state index contributed by atoms with van der Waals surface area (Å²) < 4.78 is 30.1. The summed E-state index contributed by atoms with van der Waals surface area (Å²) in [7, 11) is 0. The van der Waals surface area contributed by atoms with Crippen LogP contribution in [0.15, 0.2) is 54.4 Å². The van der Waals surface area contributed by atoms with Gasteiger partial charge in [-0.2, -0.15) is 10.2 Å². The molecule has 0 bridgehead atoms. The molecule has 4 aromatic rings. The van der Waals surface area contributed by atoms with Gasteiger partial charge >= 0.3 is 0 Å². The summed E-state index contributed by atoms with van der Waals surface area (Å²) in [5.41, 5.74) is 5.57. The van der Waals surface area contributed by atoms with Gasteiger partial charge in [-0.1, -0.05) is 16.9 Å². The topological polar surface area (TPSA) is 119 Å². The van der Waals surface area contributed by atoms with Crippen LogP contribution in [-0.2, 0) is 31.5 Å². The van der Waals surface area contributed by atoms with Crippen molar-refractivity contribution < 1.29 is 18.7 Å². The molecule has 222 valence electrons. The molecule has 11 heteroatoms. The van der Waals surface area contributed by atoms with E-state index < -0.39 is 17.2 Å². The maximum absolute atomic E-state index is 14.8.